The number of aliphatic carboxylic acids is 1. The van der Waals surface area contributed by atoms with Gasteiger partial charge in [0, 0.05) is 18.2 Å². The van der Waals surface area contributed by atoms with Crippen LogP contribution < -0.4 is 5.73 Å². The molecule has 0 radical (unpaired) electrons. The van der Waals surface area contributed by atoms with Crippen molar-refractivity contribution in [3.05, 3.63) is 11.3 Å². The van der Waals surface area contributed by atoms with Gasteiger partial charge >= 0.3 is 11.9 Å². The SMILES string of the molecule is CC(=O)OCC1=C(C(=O)O)N2C(=O)[C@@H](N)C2SC1. The molecule has 1 saturated heterocycles. The number of nitrogens with zero attached hydrogens (tertiary/aromatic N) is 1. The van der Waals surface area contributed by atoms with Crippen LogP contribution in [0.2, 0.25) is 0 Å². The highest BCUT2D eigenvalue weighted by Gasteiger charge is 2.51. The summed E-state index contributed by atoms with van der Waals surface area (Å²) >= 11 is 1.37. The fourth-order valence-corrected chi connectivity index (χ4v) is 3.15. The number of hydrogen-bond donors (Lipinski definition) is 2. The van der Waals surface area contributed by atoms with Crippen LogP contribution in [0.1, 0.15) is 6.92 Å². The number of β-lactam (4-membered cyclic amide) rings is 1. The molecule has 7 nitrogen and oxygen atoms in total. The molecule has 2 rings (SSSR count). The third kappa shape index (κ3) is 1.97. The Morgan fingerprint density at radius 3 is 2.83 bits per heavy atom. The van der Waals surface area contributed by atoms with Gasteiger partial charge in [-0.15, -0.1) is 11.8 Å². The summed E-state index contributed by atoms with van der Waals surface area (Å²) in [5.74, 6) is -1.73. The van der Waals surface area contributed by atoms with Crippen molar-refractivity contribution in [1.29, 1.82) is 0 Å². The number of carbonyl (C=O) groups is 3. The topological polar surface area (TPSA) is 110 Å². The predicted octanol–water partition coefficient (Wildman–Crippen LogP) is -0.869. The van der Waals surface area contributed by atoms with Gasteiger partial charge in [0.25, 0.3) is 0 Å². The molecule has 0 saturated carbocycles. The molecule has 0 aromatic heterocycles. The summed E-state index contributed by atoms with van der Waals surface area (Å²) in [4.78, 5) is 34.7. The summed E-state index contributed by atoms with van der Waals surface area (Å²) in [6.45, 7) is 1.13. The van der Waals surface area contributed by atoms with Crippen molar-refractivity contribution in [2.45, 2.75) is 18.3 Å². The van der Waals surface area contributed by atoms with Crippen LogP contribution in [0.5, 0.6) is 0 Å². The molecule has 2 heterocycles. The summed E-state index contributed by atoms with van der Waals surface area (Å²) < 4.78 is 4.79. The molecule has 2 aliphatic rings. The Balaban J connectivity index is 2.26. The number of hydrogen-bond acceptors (Lipinski definition) is 6. The first-order valence-corrected chi connectivity index (χ1v) is 6.27. The van der Waals surface area contributed by atoms with Gasteiger partial charge < -0.3 is 15.6 Å². The van der Waals surface area contributed by atoms with Gasteiger partial charge in [-0.3, -0.25) is 14.5 Å². The lowest BCUT2D eigenvalue weighted by Gasteiger charge is -2.47. The Morgan fingerprint density at radius 1 is 1.61 bits per heavy atom. The molecule has 3 N–H and O–H groups in total. The van der Waals surface area contributed by atoms with Crippen molar-refractivity contribution in [2.24, 2.45) is 5.73 Å². The van der Waals surface area contributed by atoms with E-state index in [0.717, 1.165) is 0 Å². The Kier molecular flexibility index (Phi) is 3.31. The maximum absolute atomic E-state index is 11.6. The minimum Gasteiger partial charge on any atom is -0.477 e. The number of ether oxygens (including phenoxy) is 1. The van der Waals surface area contributed by atoms with Crippen LogP contribution in [0.25, 0.3) is 0 Å². The van der Waals surface area contributed by atoms with Gasteiger partial charge in [0.15, 0.2) is 0 Å². The van der Waals surface area contributed by atoms with Crippen LogP contribution in [0.15, 0.2) is 11.3 Å². The summed E-state index contributed by atoms with van der Waals surface area (Å²) in [7, 11) is 0. The minimum absolute atomic E-state index is 0.105. The van der Waals surface area contributed by atoms with E-state index >= 15 is 0 Å². The first-order valence-electron chi connectivity index (χ1n) is 5.22. The monoisotopic (exact) mass is 272 g/mol. The highest BCUT2D eigenvalue weighted by molar-refractivity contribution is 8.00. The summed E-state index contributed by atoms with van der Waals surface area (Å²) in [5, 5.41) is 8.83. The average molecular weight is 272 g/mol. The zero-order valence-electron chi connectivity index (χ0n) is 9.58. The Labute approximate surface area is 107 Å². The lowest BCUT2D eigenvalue weighted by molar-refractivity contribution is -0.148. The normalized spacial score (nSPS) is 26.6. The third-order valence-electron chi connectivity index (χ3n) is 2.74. The van der Waals surface area contributed by atoms with Crippen LogP contribution in [-0.4, -0.2) is 51.6 Å². The molecule has 0 bridgehead atoms. The van der Waals surface area contributed by atoms with E-state index in [9.17, 15) is 14.4 Å². The highest BCUT2D eigenvalue weighted by atomic mass is 32.2. The third-order valence-corrected chi connectivity index (χ3v) is 4.10. The Bertz CT molecular complexity index is 461. The molecule has 2 atom stereocenters. The molecular formula is C10H12N2O5S. The lowest BCUT2D eigenvalue weighted by atomic mass is 10.0. The molecule has 1 amide bonds. The van der Waals surface area contributed by atoms with E-state index in [4.69, 9.17) is 15.6 Å². The molecule has 18 heavy (non-hydrogen) atoms. The zero-order chi connectivity index (χ0) is 13.4. The molecule has 98 valence electrons. The largest absolute Gasteiger partial charge is 0.477 e. The van der Waals surface area contributed by atoms with Gasteiger partial charge in [-0.25, -0.2) is 4.79 Å². The van der Waals surface area contributed by atoms with Crippen molar-refractivity contribution in [3.63, 3.8) is 0 Å². The Morgan fingerprint density at radius 2 is 2.28 bits per heavy atom. The van der Waals surface area contributed by atoms with Gasteiger partial charge in [-0.1, -0.05) is 0 Å². The molecule has 2 aliphatic heterocycles. The number of carboxylic acids is 1. The number of carbonyl (C=O) groups excluding carboxylic acids is 2. The maximum Gasteiger partial charge on any atom is 0.352 e. The summed E-state index contributed by atoms with van der Waals surface area (Å²) in [5.41, 5.74) is 5.90. The fraction of sp³-hybridized carbons (Fsp3) is 0.500. The van der Waals surface area contributed by atoms with Gasteiger partial charge in [0.2, 0.25) is 5.91 Å². The molecule has 0 spiro atoms. The minimum atomic E-state index is -1.21. The molecule has 1 fully saturated rings. The number of carboxylic acid groups (broad SMARTS) is 1. The van der Waals surface area contributed by atoms with E-state index in [1.165, 1.54) is 23.6 Å². The van der Waals surface area contributed by atoms with E-state index in [1.807, 2.05) is 0 Å². The number of rotatable bonds is 3. The lowest BCUT2D eigenvalue weighted by Crippen LogP contribution is -2.68. The van der Waals surface area contributed by atoms with E-state index in [2.05, 4.69) is 0 Å². The van der Waals surface area contributed by atoms with Crippen molar-refractivity contribution < 1.29 is 24.2 Å². The molecule has 0 aromatic rings. The molecular weight excluding hydrogens is 260 g/mol. The van der Waals surface area contributed by atoms with Crippen LogP contribution in [-0.2, 0) is 19.1 Å². The van der Waals surface area contributed by atoms with Crippen LogP contribution in [0.4, 0.5) is 0 Å². The number of thioether (sulfide) groups is 1. The maximum atomic E-state index is 11.6. The van der Waals surface area contributed by atoms with Crippen LogP contribution in [0, 0.1) is 0 Å². The summed E-state index contributed by atoms with van der Waals surface area (Å²) in [6.07, 6.45) is 0. The second-order valence-electron chi connectivity index (χ2n) is 3.97. The van der Waals surface area contributed by atoms with Crippen molar-refractivity contribution in [1.82, 2.24) is 4.90 Å². The standard InChI is InChI=1S/C10H12N2O5S/c1-4(13)17-2-5-3-18-9-6(11)8(14)12(9)7(5)10(15)16/h6,9H,2-3,11H2,1H3,(H,15,16)/t6-,9?/m1/s1. The van der Waals surface area contributed by atoms with E-state index in [1.54, 1.807) is 0 Å². The molecule has 0 aromatic carbocycles. The second kappa shape index (κ2) is 4.62. The van der Waals surface area contributed by atoms with Crippen LogP contribution in [0.3, 0.4) is 0 Å². The predicted molar refractivity (Wildman–Crippen MR) is 62.4 cm³/mol. The van der Waals surface area contributed by atoms with Crippen LogP contribution >= 0.6 is 11.8 Å². The highest BCUT2D eigenvalue weighted by Crippen LogP contribution is 2.39. The van der Waals surface area contributed by atoms with E-state index < -0.39 is 23.9 Å². The van der Waals surface area contributed by atoms with E-state index in [-0.39, 0.29) is 17.7 Å². The van der Waals surface area contributed by atoms with Gasteiger partial charge in [0.05, 0.1) is 0 Å². The zero-order valence-corrected chi connectivity index (χ0v) is 10.4. The number of nitrogens with two attached hydrogens (primary N) is 1. The number of fused-ring (bicyclic) bond motifs is 1. The second-order valence-corrected chi connectivity index (χ2v) is 5.08. The smallest absolute Gasteiger partial charge is 0.352 e. The van der Waals surface area contributed by atoms with Gasteiger partial charge in [0.1, 0.15) is 23.7 Å². The Hall–Kier alpha value is -1.54. The van der Waals surface area contributed by atoms with Gasteiger partial charge in [-0.05, 0) is 0 Å². The first-order chi connectivity index (χ1) is 8.43. The van der Waals surface area contributed by atoms with Crippen molar-refractivity contribution >= 4 is 29.6 Å². The molecule has 8 heteroatoms. The average Bonchev–Trinajstić information content (AvgIpc) is 2.33. The van der Waals surface area contributed by atoms with Crippen molar-refractivity contribution in [3.8, 4) is 0 Å². The summed E-state index contributed by atoms with van der Waals surface area (Å²) in [6, 6.07) is -0.653. The fourth-order valence-electron chi connectivity index (χ4n) is 1.88. The van der Waals surface area contributed by atoms with Crippen molar-refractivity contribution in [2.75, 3.05) is 12.4 Å². The van der Waals surface area contributed by atoms with E-state index in [0.29, 0.717) is 11.3 Å². The molecule has 1 unspecified atom stereocenters. The molecule has 0 aliphatic carbocycles. The van der Waals surface area contributed by atoms with Gasteiger partial charge in [-0.2, -0.15) is 0 Å². The number of esters is 1. The quantitative estimate of drug-likeness (QED) is 0.507. The number of amides is 1. The first kappa shape index (κ1) is 12.9.